The fraction of sp³-hybridized carbons (Fsp3) is 0.208. The summed E-state index contributed by atoms with van der Waals surface area (Å²) in [6.45, 7) is 5.82. The Morgan fingerprint density at radius 3 is 2.65 bits per heavy atom. The van der Waals surface area contributed by atoms with Gasteiger partial charge in [0.15, 0.2) is 11.5 Å². The minimum absolute atomic E-state index is 0.699. The van der Waals surface area contributed by atoms with Crippen LogP contribution in [-0.2, 0) is 0 Å². The van der Waals surface area contributed by atoms with Crippen molar-refractivity contribution >= 4 is 23.5 Å². The minimum atomic E-state index is 0.699. The lowest BCUT2D eigenvalue weighted by atomic mass is 10.2. The monoisotopic (exact) mass is 411 g/mol. The molecule has 0 spiro atoms. The summed E-state index contributed by atoms with van der Waals surface area (Å²) in [6.07, 6.45) is 1.81. The topological polar surface area (TPSA) is 69.9 Å². The third-order valence-electron chi connectivity index (χ3n) is 5.35. The van der Waals surface area contributed by atoms with Crippen LogP contribution in [0.5, 0.6) is 0 Å². The predicted octanol–water partition coefficient (Wildman–Crippen LogP) is 3.56. The van der Waals surface area contributed by atoms with E-state index in [2.05, 4.69) is 51.9 Å². The first-order chi connectivity index (χ1) is 15.3. The zero-order valence-electron chi connectivity index (χ0n) is 17.5. The normalized spacial score (nSPS) is 14.4. The van der Waals surface area contributed by atoms with Crippen molar-refractivity contribution in [2.45, 2.75) is 6.92 Å². The second-order valence-corrected chi connectivity index (χ2v) is 7.69. The predicted molar refractivity (Wildman–Crippen MR) is 126 cm³/mol. The van der Waals surface area contributed by atoms with Crippen molar-refractivity contribution in [3.63, 3.8) is 0 Å². The van der Waals surface area contributed by atoms with Gasteiger partial charge in [-0.15, -0.1) is 0 Å². The van der Waals surface area contributed by atoms with Gasteiger partial charge in [0.05, 0.1) is 11.9 Å². The molecule has 0 saturated carbocycles. The van der Waals surface area contributed by atoms with E-state index in [0.29, 0.717) is 5.82 Å². The Kier molecular flexibility index (Phi) is 5.33. The SMILES string of the molecule is Cc1cccc(C=NNc2cc(N3CCNCC3)n3nc(-c4ccccc4)cc3n2)c1. The average molecular weight is 412 g/mol. The number of aryl methyl sites for hydroxylation is 1. The van der Waals surface area contributed by atoms with E-state index >= 15 is 0 Å². The van der Waals surface area contributed by atoms with Crippen LogP contribution in [0.25, 0.3) is 16.9 Å². The Morgan fingerprint density at radius 1 is 1.00 bits per heavy atom. The second kappa shape index (κ2) is 8.57. The molecule has 0 bridgehead atoms. The van der Waals surface area contributed by atoms with Gasteiger partial charge < -0.3 is 10.2 Å². The molecule has 1 fully saturated rings. The van der Waals surface area contributed by atoms with Crippen LogP contribution in [0.15, 0.2) is 71.8 Å². The van der Waals surface area contributed by atoms with Crippen LogP contribution in [0.4, 0.5) is 11.6 Å². The van der Waals surface area contributed by atoms with Crippen LogP contribution in [0.2, 0.25) is 0 Å². The second-order valence-electron chi connectivity index (χ2n) is 7.69. The molecule has 2 aromatic heterocycles. The molecule has 0 amide bonds. The first-order valence-corrected chi connectivity index (χ1v) is 10.5. The maximum absolute atomic E-state index is 4.86. The zero-order valence-corrected chi connectivity index (χ0v) is 17.5. The van der Waals surface area contributed by atoms with Gasteiger partial charge in [-0.2, -0.15) is 14.7 Å². The molecule has 7 heteroatoms. The highest BCUT2D eigenvalue weighted by molar-refractivity contribution is 5.80. The fourth-order valence-corrected chi connectivity index (χ4v) is 3.81. The number of aromatic nitrogens is 3. The van der Waals surface area contributed by atoms with E-state index in [-0.39, 0.29) is 0 Å². The van der Waals surface area contributed by atoms with Crippen molar-refractivity contribution in [3.05, 3.63) is 77.9 Å². The van der Waals surface area contributed by atoms with Crippen molar-refractivity contribution in [2.24, 2.45) is 5.10 Å². The molecule has 1 aliphatic rings. The summed E-state index contributed by atoms with van der Waals surface area (Å²) in [5.74, 6) is 1.71. The van der Waals surface area contributed by atoms with Gasteiger partial charge >= 0.3 is 0 Å². The summed E-state index contributed by atoms with van der Waals surface area (Å²) >= 11 is 0. The molecule has 156 valence electrons. The van der Waals surface area contributed by atoms with Crippen molar-refractivity contribution < 1.29 is 0 Å². The molecule has 1 aliphatic heterocycles. The lowest BCUT2D eigenvalue weighted by Crippen LogP contribution is -2.44. The Hall–Kier alpha value is -3.71. The Morgan fingerprint density at radius 2 is 1.84 bits per heavy atom. The molecule has 0 atom stereocenters. The molecular formula is C24H25N7. The number of piperazine rings is 1. The maximum Gasteiger partial charge on any atom is 0.160 e. The molecule has 0 radical (unpaired) electrons. The third kappa shape index (κ3) is 4.27. The lowest BCUT2D eigenvalue weighted by Gasteiger charge is -2.29. The summed E-state index contributed by atoms with van der Waals surface area (Å²) in [6, 6.07) is 22.5. The van der Waals surface area contributed by atoms with Crippen LogP contribution >= 0.6 is 0 Å². The summed E-state index contributed by atoms with van der Waals surface area (Å²) in [4.78, 5) is 7.09. The average Bonchev–Trinajstić information content (AvgIpc) is 3.24. The number of hydrogen-bond acceptors (Lipinski definition) is 6. The number of hydrogen-bond donors (Lipinski definition) is 2. The number of nitrogens with zero attached hydrogens (tertiary/aromatic N) is 5. The smallest absolute Gasteiger partial charge is 0.160 e. The fourth-order valence-electron chi connectivity index (χ4n) is 3.81. The van der Waals surface area contributed by atoms with Crippen molar-refractivity contribution in [1.29, 1.82) is 0 Å². The molecule has 2 N–H and O–H groups in total. The quantitative estimate of drug-likeness (QED) is 0.388. The Balaban J connectivity index is 1.50. The molecular weight excluding hydrogens is 386 g/mol. The zero-order chi connectivity index (χ0) is 21.0. The van der Waals surface area contributed by atoms with Gasteiger partial charge in [0.1, 0.15) is 5.82 Å². The molecule has 4 aromatic rings. The summed E-state index contributed by atoms with van der Waals surface area (Å²) in [7, 11) is 0. The number of benzene rings is 2. The number of hydrazone groups is 1. The van der Waals surface area contributed by atoms with Gasteiger partial charge in [-0.25, -0.2) is 4.98 Å². The Labute approximate surface area is 181 Å². The summed E-state index contributed by atoms with van der Waals surface area (Å²) in [5.41, 5.74) is 8.14. The van der Waals surface area contributed by atoms with Crippen LogP contribution < -0.4 is 15.6 Å². The lowest BCUT2D eigenvalue weighted by molar-refractivity contribution is 0.580. The van der Waals surface area contributed by atoms with E-state index in [1.54, 1.807) is 0 Å². The van der Waals surface area contributed by atoms with Crippen LogP contribution in [-0.4, -0.2) is 47.0 Å². The highest BCUT2D eigenvalue weighted by Crippen LogP contribution is 2.25. The molecule has 1 saturated heterocycles. The van der Waals surface area contributed by atoms with E-state index < -0.39 is 0 Å². The maximum atomic E-state index is 4.86. The minimum Gasteiger partial charge on any atom is -0.354 e. The summed E-state index contributed by atoms with van der Waals surface area (Å²) < 4.78 is 1.93. The molecule has 7 nitrogen and oxygen atoms in total. The molecule has 2 aromatic carbocycles. The van der Waals surface area contributed by atoms with Gasteiger partial charge in [-0.05, 0) is 12.5 Å². The number of nitrogens with one attached hydrogen (secondary N) is 2. The van der Waals surface area contributed by atoms with Crippen molar-refractivity contribution in [3.8, 4) is 11.3 Å². The van der Waals surface area contributed by atoms with Gasteiger partial charge in [0, 0.05) is 43.9 Å². The molecule has 31 heavy (non-hydrogen) atoms. The van der Waals surface area contributed by atoms with Crippen LogP contribution in [0.1, 0.15) is 11.1 Å². The van der Waals surface area contributed by atoms with Crippen molar-refractivity contribution in [1.82, 2.24) is 19.9 Å². The van der Waals surface area contributed by atoms with Gasteiger partial charge in [0.25, 0.3) is 0 Å². The van der Waals surface area contributed by atoms with E-state index in [9.17, 15) is 0 Å². The van der Waals surface area contributed by atoms with Crippen LogP contribution in [0.3, 0.4) is 0 Å². The van der Waals surface area contributed by atoms with E-state index in [1.807, 2.05) is 53.2 Å². The van der Waals surface area contributed by atoms with E-state index in [4.69, 9.17) is 10.1 Å². The molecule has 5 rings (SSSR count). The highest BCUT2D eigenvalue weighted by atomic mass is 15.4. The Bertz CT molecular complexity index is 1210. The summed E-state index contributed by atoms with van der Waals surface area (Å²) in [5, 5.41) is 12.7. The number of fused-ring (bicyclic) bond motifs is 1. The molecule has 3 heterocycles. The van der Waals surface area contributed by atoms with Crippen molar-refractivity contribution in [2.75, 3.05) is 36.5 Å². The van der Waals surface area contributed by atoms with E-state index in [0.717, 1.165) is 54.5 Å². The molecule has 0 aliphatic carbocycles. The number of rotatable bonds is 5. The number of anilines is 2. The van der Waals surface area contributed by atoms with Crippen LogP contribution in [0, 0.1) is 6.92 Å². The van der Waals surface area contributed by atoms with Gasteiger partial charge in [0.2, 0.25) is 0 Å². The van der Waals surface area contributed by atoms with Gasteiger partial charge in [-0.3, -0.25) is 5.43 Å². The third-order valence-corrected chi connectivity index (χ3v) is 5.35. The van der Waals surface area contributed by atoms with E-state index in [1.165, 1.54) is 5.56 Å². The molecule has 0 unspecified atom stereocenters. The van der Waals surface area contributed by atoms with Gasteiger partial charge in [-0.1, -0.05) is 60.2 Å². The first kappa shape index (κ1) is 19.3. The largest absolute Gasteiger partial charge is 0.354 e. The highest BCUT2D eigenvalue weighted by Gasteiger charge is 2.17. The standard InChI is InChI=1S/C24H25N7/c1-18-6-5-7-19(14-18)17-26-28-22-16-24(30-12-10-25-11-13-30)31-23(27-22)15-21(29-31)20-8-3-2-4-9-20/h2-9,14-17,25H,10-13H2,1H3,(H,27,28). The first-order valence-electron chi connectivity index (χ1n) is 10.5.